The third kappa shape index (κ3) is 4.51. The number of pyridine rings is 1. The zero-order valence-corrected chi connectivity index (χ0v) is 18.6. The summed E-state index contributed by atoms with van der Waals surface area (Å²) in [6.45, 7) is 3.73. The summed E-state index contributed by atoms with van der Waals surface area (Å²) < 4.78 is 1.67. The van der Waals surface area contributed by atoms with E-state index in [9.17, 15) is 4.79 Å². The Kier molecular flexibility index (Phi) is 5.66. The molecule has 4 heterocycles. The Bertz CT molecular complexity index is 1290. The van der Waals surface area contributed by atoms with Gasteiger partial charge in [0.2, 0.25) is 5.95 Å². The number of aromatic nitrogens is 6. The van der Waals surface area contributed by atoms with Gasteiger partial charge in [-0.1, -0.05) is 11.3 Å². The molecule has 0 saturated carbocycles. The molecule has 1 aliphatic heterocycles. The molecule has 0 radical (unpaired) electrons. The number of hydrogen-bond acceptors (Lipinski definition) is 8. The van der Waals surface area contributed by atoms with Gasteiger partial charge in [-0.25, -0.2) is 4.98 Å². The van der Waals surface area contributed by atoms with Crippen LogP contribution in [0.4, 0.5) is 11.8 Å². The van der Waals surface area contributed by atoms with Crippen LogP contribution in [0.3, 0.4) is 0 Å². The lowest BCUT2D eigenvalue weighted by atomic mass is 10.1. The van der Waals surface area contributed by atoms with E-state index in [0.29, 0.717) is 5.56 Å². The number of nitrogens with one attached hydrogen (secondary N) is 1. The van der Waals surface area contributed by atoms with Gasteiger partial charge in [-0.05, 0) is 44.3 Å². The Morgan fingerprint density at radius 1 is 1.00 bits per heavy atom. The molecule has 1 saturated heterocycles. The van der Waals surface area contributed by atoms with Crippen LogP contribution in [0.1, 0.15) is 16.8 Å². The van der Waals surface area contributed by atoms with Gasteiger partial charge in [0.15, 0.2) is 0 Å². The highest BCUT2D eigenvalue weighted by atomic mass is 16.1. The Labute approximate surface area is 191 Å². The SMILES string of the molecule is CN1CCCN(c2nc(NC(=O)c3ccncc3)nc3cc(-c4cn(C)nn4)ccc23)CC1. The van der Waals surface area contributed by atoms with Crippen molar-refractivity contribution in [3.05, 3.63) is 54.5 Å². The predicted molar refractivity (Wildman–Crippen MR) is 126 cm³/mol. The molecule has 3 aromatic heterocycles. The zero-order chi connectivity index (χ0) is 22.8. The van der Waals surface area contributed by atoms with Crippen LogP contribution in [0.5, 0.6) is 0 Å². The summed E-state index contributed by atoms with van der Waals surface area (Å²) in [5.74, 6) is 0.822. The first kappa shape index (κ1) is 21.0. The van der Waals surface area contributed by atoms with Gasteiger partial charge < -0.3 is 9.80 Å². The number of rotatable bonds is 4. The molecule has 1 fully saturated rings. The minimum atomic E-state index is -0.275. The maximum absolute atomic E-state index is 12.8. The van der Waals surface area contributed by atoms with E-state index in [1.807, 2.05) is 31.4 Å². The quantitative estimate of drug-likeness (QED) is 0.512. The van der Waals surface area contributed by atoms with Gasteiger partial charge in [0, 0.05) is 55.6 Å². The van der Waals surface area contributed by atoms with E-state index in [2.05, 4.69) is 42.4 Å². The molecule has 0 unspecified atom stereocenters. The molecule has 1 N–H and O–H groups in total. The molecular formula is C23H25N9O. The van der Waals surface area contributed by atoms with Crippen molar-refractivity contribution in [1.29, 1.82) is 0 Å². The van der Waals surface area contributed by atoms with Crippen LogP contribution in [0.25, 0.3) is 22.2 Å². The van der Waals surface area contributed by atoms with E-state index < -0.39 is 0 Å². The smallest absolute Gasteiger partial charge is 0.258 e. The molecular weight excluding hydrogens is 418 g/mol. The van der Waals surface area contributed by atoms with Gasteiger partial charge in [-0.15, -0.1) is 5.10 Å². The van der Waals surface area contributed by atoms with E-state index in [-0.39, 0.29) is 11.9 Å². The minimum absolute atomic E-state index is 0.271. The van der Waals surface area contributed by atoms with Crippen LogP contribution < -0.4 is 10.2 Å². The molecule has 4 aromatic rings. The van der Waals surface area contributed by atoms with Crippen molar-refractivity contribution in [3.63, 3.8) is 0 Å². The van der Waals surface area contributed by atoms with Crippen LogP contribution in [-0.4, -0.2) is 74.0 Å². The second-order valence-corrected chi connectivity index (χ2v) is 8.21. The number of fused-ring (bicyclic) bond motifs is 1. The summed E-state index contributed by atoms with van der Waals surface area (Å²) in [7, 11) is 3.97. The van der Waals surface area contributed by atoms with E-state index in [1.54, 1.807) is 29.2 Å². The summed E-state index contributed by atoms with van der Waals surface area (Å²) in [5.41, 5.74) is 2.91. The molecule has 1 aliphatic rings. The number of nitrogens with zero attached hydrogens (tertiary/aromatic N) is 8. The Balaban J connectivity index is 1.57. The monoisotopic (exact) mass is 443 g/mol. The highest BCUT2D eigenvalue weighted by molar-refractivity contribution is 6.04. The third-order valence-corrected chi connectivity index (χ3v) is 5.76. The molecule has 10 nitrogen and oxygen atoms in total. The summed E-state index contributed by atoms with van der Waals surface area (Å²) in [4.78, 5) is 30.8. The average Bonchev–Trinajstić information content (AvgIpc) is 3.15. The van der Waals surface area contributed by atoms with Gasteiger partial charge in [0.05, 0.1) is 11.7 Å². The van der Waals surface area contributed by atoms with Gasteiger partial charge in [-0.2, -0.15) is 4.98 Å². The molecule has 10 heteroatoms. The Hall–Kier alpha value is -3.92. The van der Waals surface area contributed by atoms with Crippen LogP contribution in [0, 0.1) is 0 Å². The second-order valence-electron chi connectivity index (χ2n) is 8.21. The topological polar surface area (TPSA) is 105 Å². The summed E-state index contributed by atoms with van der Waals surface area (Å²) in [6.07, 6.45) is 6.07. The van der Waals surface area contributed by atoms with Crippen molar-refractivity contribution in [2.45, 2.75) is 6.42 Å². The maximum Gasteiger partial charge on any atom is 0.258 e. The zero-order valence-electron chi connectivity index (χ0n) is 18.6. The fraction of sp³-hybridized carbons (Fsp3) is 0.304. The fourth-order valence-electron chi connectivity index (χ4n) is 3.98. The largest absolute Gasteiger partial charge is 0.355 e. The van der Waals surface area contributed by atoms with Gasteiger partial charge in [0.1, 0.15) is 11.5 Å². The normalized spacial score (nSPS) is 14.9. The van der Waals surface area contributed by atoms with Crippen LogP contribution in [0.15, 0.2) is 48.9 Å². The lowest BCUT2D eigenvalue weighted by molar-refractivity contribution is 0.102. The van der Waals surface area contributed by atoms with E-state index in [4.69, 9.17) is 4.98 Å². The number of benzene rings is 1. The molecule has 5 rings (SSSR count). The van der Waals surface area contributed by atoms with Gasteiger partial charge >= 0.3 is 0 Å². The second kappa shape index (κ2) is 8.91. The number of carbonyl (C=O) groups excluding carboxylic acids is 1. The van der Waals surface area contributed by atoms with Crippen LogP contribution >= 0.6 is 0 Å². The third-order valence-electron chi connectivity index (χ3n) is 5.76. The highest BCUT2D eigenvalue weighted by Gasteiger charge is 2.19. The molecule has 168 valence electrons. The molecule has 1 amide bonds. The number of hydrogen-bond donors (Lipinski definition) is 1. The number of anilines is 2. The average molecular weight is 444 g/mol. The van der Waals surface area contributed by atoms with Crippen molar-refractivity contribution in [1.82, 2.24) is 34.8 Å². The molecule has 0 bridgehead atoms. The van der Waals surface area contributed by atoms with E-state index in [1.165, 1.54) is 0 Å². The van der Waals surface area contributed by atoms with E-state index >= 15 is 0 Å². The molecule has 33 heavy (non-hydrogen) atoms. The Morgan fingerprint density at radius 3 is 2.64 bits per heavy atom. The first-order chi connectivity index (χ1) is 16.1. The van der Waals surface area contributed by atoms with Gasteiger partial charge in [-0.3, -0.25) is 19.8 Å². The molecule has 1 aromatic carbocycles. The lowest BCUT2D eigenvalue weighted by Crippen LogP contribution is -2.30. The van der Waals surface area contributed by atoms with Crippen molar-refractivity contribution in [2.24, 2.45) is 7.05 Å². The van der Waals surface area contributed by atoms with Crippen molar-refractivity contribution >= 4 is 28.6 Å². The summed E-state index contributed by atoms with van der Waals surface area (Å²) in [5, 5.41) is 12.0. The number of carbonyl (C=O) groups is 1. The van der Waals surface area contributed by atoms with Crippen molar-refractivity contribution < 1.29 is 4.79 Å². The van der Waals surface area contributed by atoms with Crippen LogP contribution in [0.2, 0.25) is 0 Å². The summed E-state index contributed by atoms with van der Waals surface area (Å²) in [6, 6.07) is 9.33. The van der Waals surface area contributed by atoms with Gasteiger partial charge in [0.25, 0.3) is 5.91 Å². The number of likely N-dealkylation sites (N-methyl/N-ethyl adjacent to an activating group) is 1. The fourth-order valence-corrected chi connectivity index (χ4v) is 3.98. The molecule has 0 spiro atoms. The van der Waals surface area contributed by atoms with Crippen molar-refractivity contribution in [2.75, 3.05) is 43.4 Å². The molecule has 0 aliphatic carbocycles. The van der Waals surface area contributed by atoms with E-state index in [0.717, 1.165) is 60.6 Å². The minimum Gasteiger partial charge on any atom is -0.355 e. The predicted octanol–water partition coefficient (Wildman–Crippen LogP) is 2.21. The lowest BCUT2D eigenvalue weighted by Gasteiger charge is -2.23. The maximum atomic E-state index is 12.8. The summed E-state index contributed by atoms with van der Waals surface area (Å²) >= 11 is 0. The standard InChI is InChI=1S/C23H25N9O/c1-30-10-3-11-32(13-12-30)21-18-5-4-17(20-15-31(2)29-28-20)14-19(18)25-23(26-21)27-22(33)16-6-8-24-9-7-16/h4-9,14-15H,3,10-13H2,1-2H3,(H,25,26,27,33). The van der Waals surface area contributed by atoms with Crippen molar-refractivity contribution in [3.8, 4) is 11.3 Å². The Morgan fingerprint density at radius 2 is 1.85 bits per heavy atom. The number of amides is 1. The molecule has 0 atom stereocenters. The first-order valence-electron chi connectivity index (χ1n) is 10.9. The first-order valence-corrected chi connectivity index (χ1v) is 10.9. The number of aryl methyl sites for hydroxylation is 1. The van der Waals surface area contributed by atoms with Crippen LogP contribution in [-0.2, 0) is 7.05 Å². The highest BCUT2D eigenvalue weighted by Crippen LogP contribution is 2.30.